The van der Waals surface area contributed by atoms with Crippen LogP contribution in [0.3, 0.4) is 0 Å². The number of nitrogens with one attached hydrogen (secondary N) is 2. The second-order valence-corrected chi connectivity index (χ2v) is 7.99. The van der Waals surface area contributed by atoms with E-state index in [4.69, 9.17) is 9.47 Å². The Morgan fingerprint density at radius 1 is 0.793 bits per heavy atom. The molecule has 148 valence electrons. The van der Waals surface area contributed by atoms with Crippen LogP contribution in [0.2, 0.25) is 0 Å². The molecule has 29 heavy (non-hydrogen) atoms. The second-order valence-electron chi connectivity index (χ2n) is 6.31. The molecule has 3 aromatic rings. The average molecular weight is 410 g/mol. The molecular weight excluding hydrogens is 392 g/mol. The third kappa shape index (κ3) is 4.33. The van der Waals surface area contributed by atoms with E-state index >= 15 is 0 Å². The SMILES string of the molecule is O=C(Nc1ccc2c(c1)OCCO2)c1ccc(S(=O)(=O)Nc2ccccc2)cc1. The van der Waals surface area contributed by atoms with E-state index in [-0.39, 0.29) is 10.8 Å². The smallest absolute Gasteiger partial charge is 0.261 e. The van der Waals surface area contributed by atoms with Gasteiger partial charge >= 0.3 is 0 Å². The van der Waals surface area contributed by atoms with Crippen molar-refractivity contribution in [3.63, 3.8) is 0 Å². The fraction of sp³-hybridized carbons (Fsp3) is 0.0952. The highest BCUT2D eigenvalue weighted by Gasteiger charge is 2.16. The molecule has 2 N–H and O–H groups in total. The van der Waals surface area contributed by atoms with Gasteiger partial charge in [-0.3, -0.25) is 9.52 Å². The van der Waals surface area contributed by atoms with Gasteiger partial charge in [-0.15, -0.1) is 0 Å². The van der Waals surface area contributed by atoms with Crippen molar-refractivity contribution in [2.24, 2.45) is 0 Å². The van der Waals surface area contributed by atoms with Crippen molar-refractivity contribution in [2.75, 3.05) is 23.3 Å². The lowest BCUT2D eigenvalue weighted by atomic mass is 10.2. The van der Waals surface area contributed by atoms with Gasteiger partial charge in [0.05, 0.1) is 4.90 Å². The quantitative estimate of drug-likeness (QED) is 0.671. The number of carbonyl (C=O) groups excluding carboxylic acids is 1. The molecule has 1 aliphatic rings. The van der Waals surface area contributed by atoms with Gasteiger partial charge in [-0.05, 0) is 48.5 Å². The number of anilines is 2. The Kier molecular flexibility index (Phi) is 5.09. The molecule has 0 radical (unpaired) electrons. The second kappa shape index (κ2) is 7.84. The number of para-hydroxylation sites is 1. The summed E-state index contributed by atoms with van der Waals surface area (Å²) in [5.74, 6) is 0.846. The molecule has 0 saturated heterocycles. The van der Waals surface area contributed by atoms with Gasteiger partial charge in [-0.2, -0.15) is 0 Å². The van der Waals surface area contributed by atoms with Gasteiger partial charge in [-0.25, -0.2) is 8.42 Å². The van der Waals surface area contributed by atoms with Gasteiger partial charge in [0, 0.05) is 23.0 Å². The Morgan fingerprint density at radius 3 is 2.21 bits per heavy atom. The molecule has 3 aromatic carbocycles. The van der Waals surface area contributed by atoms with E-state index in [1.165, 1.54) is 24.3 Å². The minimum atomic E-state index is -3.74. The molecule has 7 nitrogen and oxygen atoms in total. The van der Waals surface area contributed by atoms with Crippen molar-refractivity contribution < 1.29 is 22.7 Å². The van der Waals surface area contributed by atoms with Crippen molar-refractivity contribution in [1.29, 1.82) is 0 Å². The van der Waals surface area contributed by atoms with E-state index in [1.54, 1.807) is 48.5 Å². The maximum absolute atomic E-state index is 12.5. The molecule has 0 unspecified atom stereocenters. The summed E-state index contributed by atoms with van der Waals surface area (Å²) in [6.07, 6.45) is 0. The lowest BCUT2D eigenvalue weighted by molar-refractivity contribution is 0.102. The van der Waals surface area contributed by atoms with E-state index in [2.05, 4.69) is 10.0 Å². The highest BCUT2D eigenvalue weighted by atomic mass is 32.2. The molecule has 1 heterocycles. The van der Waals surface area contributed by atoms with Gasteiger partial charge in [0.2, 0.25) is 0 Å². The molecule has 0 spiro atoms. The van der Waals surface area contributed by atoms with Crippen LogP contribution in [0.5, 0.6) is 11.5 Å². The molecule has 1 aliphatic heterocycles. The number of carbonyl (C=O) groups is 1. The third-order valence-corrected chi connectivity index (χ3v) is 5.65. The summed E-state index contributed by atoms with van der Waals surface area (Å²) in [5.41, 5.74) is 1.35. The van der Waals surface area contributed by atoms with Gasteiger partial charge in [0.25, 0.3) is 15.9 Å². The zero-order valence-corrected chi connectivity index (χ0v) is 16.1. The van der Waals surface area contributed by atoms with Crippen LogP contribution < -0.4 is 19.5 Å². The Labute approximate surface area is 168 Å². The van der Waals surface area contributed by atoms with E-state index in [9.17, 15) is 13.2 Å². The molecule has 0 bridgehead atoms. The maximum atomic E-state index is 12.5. The normalized spacial score (nSPS) is 12.8. The van der Waals surface area contributed by atoms with Crippen molar-refractivity contribution >= 4 is 27.3 Å². The largest absolute Gasteiger partial charge is 0.486 e. The average Bonchev–Trinajstić information content (AvgIpc) is 2.74. The molecule has 0 saturated carbocycles. The van der Waals surface area contributed by atoms with E-state index < -0.39 is 10.0 Å². The molecule has 0 aromatic heterocycles. The monoisotopic (exact) mass is 410 g/mol. The Hall–Kier alpha value is -3.52. The summed E-state index contributed by atoms with van der Waals surface area (Å²) < 4.78 is 38.4. The highest BCUT2D eigenvalue weighted by molar-refractivity contribution is 7.92. The third-order valence-electron chi connectivity index (χ3n) is 4.25. The summed E-state index contributed by atoms with van der Waals surface area (Å²) in [6.45, 7) is 0.949. The first-order valence-corrected chi connectivity index (χ1v) is 10.4. The topological polar surface area (TPSA) is 93.7 Å². The van der Waals surface area contributed by atoms with Crippen molar-refractivity contribution in [2.45, 2.75) is 4.90 Å². The number of sulfonamides is 1. The summed E-state index contributed by atoms with van der Waals surface area (Å²) in [5, 5.41) is 2.77. The molecule has 4 rings (SSSR count). The molecule has 1 amide bonds. The zero-order valence-electron chi connectivity index (χ0n) is 15.3. The standard InChI is InChI=1S/C21H18N2O5S/c24-21(22-17-8-11-19-20(14-17)28-13-12-27-19)15-6-9-18(10-7-15)29(25,26)23-16-4-2-1-3-5-16/h1-11,14,23H,12-13H2,(H,22,24). The van der Waals surface area contributed by atoms with Crippen LogP contribution in [-0.2, 0) is 10.0 Å². The summed E-state index contributed by atoms with van der Waals surface area (Å²) in [7, 11) is -3.74. The number of hydrogen-bond acceptors (Lipinski definition) is 5. The number of fused-ring (bicyclic) bond motifs is 1. The summed E-state index contributed by atoms with van der Waals surface area (Å²) in [4.78, 5) is 12.6. The highest BCUT2D eigenvalue weighted by Crippen LogP contribution is 2.32. The number of amides is 1. The minimum Gasteiger partial charge on any atom is -0.486 e. The number of ether oxygens (including phenoxy) is 2. The first kappa shape index (κ1) is 18.8. The molecule has 0 fully saturated rings. The van der Waals surface area contributed by atoms with Gasteiger partial charge in [0.15, 0.2) is 11.5 Å². The predicted molar refractivity (Wildman–Crippen MR) is 109 cm³/mol. The van der Waals surface area contributed by atoms with Crippen LogP contribution in [0, 0.1) is 0 Å². The number of benzene rings is 3. The van der Waals surface area contributed by atoms with Crippen LogP contribution in [0.1, 0.15) is 10.4 Å². The van der Waals surface area contributed by atoms with Crippen LogP contribution in [0.4, 0.5) is 11.4 Å². The number of rotatable bonds is 5. The number of hydrogen-bond donors (Lipinski definition) is 2. The Balaban J connectivity index is 1.46. The van der Waals surface area contributed by atoms with Crippen LogP contribution in [0.15, 0.2) is 77.7 Å². The molecule has 0 aliphatic carbocycles. The molecule has 8 heteroatoms. The van der Waals surface area contributed by atoms with E-state index in [0.717, 1.165) is 0 Å². The summed E-state index contributed by atoms with van der Waals surface area (Å²) >= 11 is 0. The van der Waals surface area contributed by atoms with Gasteiger partial charge in [0.1, 0.15) is 13.2 Å². The van der Waals surface area contributed by atoms with Crippen molar-refractivity contribution in [1.82, 2.24) is 0 Å². The zero-order chi connectivity index (χ0) is 20.3. The Bertz CT molecular complexity index is 1130. The van der Waals surface area contributed by atoms with Crippen LogP contribution in [-0.4, -0.2) is 27.5 Å². The van der Waals surface area contributed by atoms with Crippen LogP contribution in [0.25, 0.3) is 0 Å². The lowest BCUT2D eigenvalue weighted by Crippen LogP contribution is -2.17. The van der Waals surface area contributed by atoms with Gasteiger partial charge in [-0.1, -0.05) is 18.2 Å². The summed E-state index contributed by atoms with van der Waals surface area (Å²) in [6, 6.07) is 19.4. The Morgan fingerprint density at radius 2 is 1.48 bits per heavy atom. The lowest BCUT2D eigenvalue weighted by Gasteiger charge is -2.19. The fourth-order valence-corrected chi connectivity index (χ4v) is 3.89. The minimum absolute atomic E-state index is 0.0669. The molecule has 0 atom stereocenters. The predicted octanol–water partition coefficient (Wildman–Crippen LogP) is 3.51. The van der Waals surface area contributed by atoms with E-state index in [0.29, 0.717) is 41.7 Å². The first-order valence-electron chi connectivity index (χ1n) is 8.90. The maximum Gasteiger partial charge on any atom is 0.261 e. The van der Waals surface area contributed by atoms with Crippen LogP contribution >= 0.6 is 0 Å². The molecular formula is C21H18N2O5S. The van der Waals surface area contributed by atoms with Crippen molar-refractivity contribution in [3.05, 3.63) is 78.4 Å². The van der Waals surface area contributed by atoms with Crippen molar-refractivity contribution in [3.8, 4) is 11.5 Å². The fourth-order valence-electron chi connectivity index (χ4n) is 2.83. The van der Waals surface area contributed by atoms with Gasteiger partial charge < -0.3 is 14.8 Å². The first-order chi connectivity index (χ1) is 14.0. The van der Waals surface area contributed by atoms with E-state index in [1.807, 2.05) is 0 Å².